The number of rotatable bonds is 8. The van der Waals surface area contributed by atoms with Crippen LogP contribution in [0.1, 0.15) is 52.6 Å². The van der Waals surface area contributed by atoms with Gasteiger partial charge in [-0.05, 0) is 44.0 Å². The van der Waals surface area contributed by atoms with Crippen LogP contribution in [-0.2, 0) is 13.1 Å². The highest BCUT2D eigenvalue weighted by atomic mass is 19.1. The molecule has 0 saturated heterocycles. The van der Waals surface area contributed by atoms with E-state index in [4.69, 9.17) is 9.72 Å². The number of hydrogen-bond acceptors (Lipinski definition) is 5. The van der Waals surface area contributed by atoms with Crippen molar-refractivity contribution in [2.45, 2.75) is 39.8 Å². The molecule has 0 aliphatic carbocycles. The second-order valence-corrected chi connectivity index (χ2v) is 8.95. The first-order chi connectivity index (χ1) is 18.4. The highest BCUT2D eigenvalue weighted by Gasteiger charge is 2.28. The molecule has 0 radical (unpaired) electrons. The van der Waals surface area contributed by atoms with Gasteiger partial charge in [-0.25, -0.2) is 9.37 Å². The van der Waals surface area contributed by atoms with Crippen LogP contribution in [0.15, 0.2) is 67.0 Å². The topological polar surface area (TPSA) is 86.9 Å². The van der Waals surface area contributed by atoms with Gasteiger partial charge in [0, 0.05) is 24.8 Å². The SMILES string of the molecule is CCn1cc(NC(=O)c2cc3c(nc2OC)nc(C(c2ccccc2C)c2ccccc2F)n3CC)cn1. The number of amides is 1. The second-order valence-electron chi connectivity index (χ2n) is 8.95. The summed E-state index contributed by atoms with van der Waals surface area (Å²) in [5, 5.41) is 7.07. The molecule has 0 aliphatic rings. The van der Waals surface area contributed by atoms with Crippen LogP contribution in [0, 0.1) is 12.7 Å². The van der Waals surface area contributed by atoms with E-state index in [2.05, 4.69) is 15.4 Å². The van der Waals surface area contributed by atoms with Gasteiger partial charge < -0.3 is 14.6 Å². The second kappa shape index (κ2) is 10.5. The average Bonchev–Trinajstić information content (AvgIpc) is 3.53. The molecular formula is C29H29FN6O2. The largest absolute Gasteiger partial charge is 0.480 e. The van der Waals surface area contributed by atoms with Gasteiger partial charge >= 0.3 is 0 Å². The molecule has 9 heteroatoms. The summed E-state index contributed by atoms with van der Waals surface area (Å²) in [7, 11) is 1.47. The molecule has 1 N–H and O–H groups in total. The fraction of sp³-hybridized carbons (Fsp3) is 0.241. The predicted molar refractivity (Wildman–Crippen MR) is 144 cm³/mol. The Morgan fingerprint density at radius 3 is 2.45 bits per heavy atom. The van der Waals surface area contributed by atoms with E-state index >= 15 is 4.39 Å². The van der Waals surface area contributed by atoms with E-state index in [9.17, 15) is 4.79 Å². The van der Waals surface area contributed by atoms with Crippen molar-refractivity contribution in [3.8, 4) is 5.88 Å². The first kappa shape index (κ1) is 25.1. The standard InChI is InChI=1S/C29H29FN6O2/c1-5-35-17-19(16-31-35)32-28(37)22-15-24-26(34-29(22)38-4)33-27(36(24)6-2)25(20-12-8-7-11-18(20)3)21-13-9-10-14-23(21)30/h7-17,25H,5-6H2,1-4H3,(H,32,37). The molecule has 5 aromatic rings. The Balaban J connectivity index is 1.68. The van der Waals surface area contributed by atoms with Gasteiger partial charge in [0.2, 0.25) is 5.88 Å². The van der Waals surface area contributed by atoms with Crippen molar-refractivity contribution in [1.29, 1.82) is 0 Å². The molecule has 194 valence electrons. The molecule has 2 aromatic carbocycles. The van der Waals surface area contributed by atoms with Crippen LogP contribution in [0.3, 0.4) is 0 Å². The maximum absolute atomic E-state index is 15.2. The zero-order valence-electron chi connectivity index (χ0n) is 21.8. The fourth-order valence-electron chi connectivity index (χ4n) is 4.79. The Morgan fingerprint density at radius 1 is 1.05 bits per heavy atom. The molecule has 3 aromatic heterocycles. The number of benzene rings is 2. The lowest BCUT2D eigenvalue weighted by Crippen LogP contribution is -2.15. The third kappa shape index (κ3) is 4.51. The number of methoxy groups -OCH3 is 1. The molecule has 0 spiro atoms. The van der Waals surface area contributed by atoms with Gasteiger partial charge in [0.15, 0.2) is 5.65 Å². The molecule has 3 heterocycles. The number of carbonyl (C=O) groups excluding carboxylic acids is 1. The van der Waals surface area contributed by atoms with Crippen LogP contribution < -0.4 is 10.1 Å². The summed E-state index contributed by atoms with van der Waals surface area (Å²) < 4.78 is 24.4. The Bertz CT molecular complexity index is 1580. The quantitative estimate of drug-likeness (QED) is 0.294. The molecule has 1 amide bonds. The molecular weight excluding hydrogens is 483 g/mol. The summed E-state index contributed by atoms with van der Waals surface area (Å²) in [5.74, 6) is -0.369. The highest BCUT2D eigenvalue weighted by molar-refractivity contribution is 6.07. The monoisotopic (exact) mass is 512 g/mol. The van der Waals surface area contributed by atoms with Crippen molar-refractivity contribution in [1.82, 2.24) is 24.3 Å². The number of pyridine rings is 1. The van der Waals surface area contributed by atoms with Crippen LogP contribution in [0.2, 0.25) is 0 Å². The number of fused-ring (bicyclic) bond motifs is 1. The van der Waals surface area contributed by atoms with Crippen molar-refractivity contribution in [2.24, 2.45) is 0 Å². The smallest absolute Gasteiger partial charge is 0.261 e. The number of aryl methyl sites for hydroxylation is 3. The number of halogens is 1. The summed E-state index contributed by atoms with van der Waals surface area (Å²) in [5.41, 5.74) is 4.40. The van der Waals surface area contributed by atoms with E-state index in [0.29, 0.717) is 41.3 Å². The summed E-state index contributed by atoms with van der Waals surface area (Å²) in [6.45, 7) is 7.20. The number of imidazole rings is 1. The third-order valence-electron chi connectivity index (χ3n) is 6.68. The molecule has 8 nitrogen and oxygen atoms in total. The van der Waals surface area contributed by atoms with Gasteiger partial charge in [-0.2, -0.15) is 10.1 Å². The lowest BCUT2D eigenvalue weighted by Gasteiger charge is -2.21. The van der Waals surface area contributed by atoms with Crippen molar-refractivity contribution < 1.29 is 13.9 Å². The number of carbonyl (C=O) groups is 1. The van der Waals surface area contributed by atoms with E-state index < -0.39 is 5.92 Å². The van der Waals surface area contributed by atoms with Crippen LogP contribution in [-0.4, -0.2) is 37.3 Å². The first-order valence-corrected chi connectivity index (χ1v) is 12.5. The van der Waals surface area contributed by atoms with Gasteiger partial charge in [0.1, 0.15) is 17.2 Å². The minimum absolute atomic E-state index is 0.156. The number of hydrogen-bond donors (Lipinski definition) is 1. The zero-order valence-corrected chi connectivity index (χ0v) is 21.8. The van der Waals surface area contributed by atoms with Gasteiger partial charge in [0.05, 0.1) is 30.4 Å². The van der Waals surface area contributed by atoms with Crippen LogP contribution in [0.25, 0.3) is 11.2 Å². The molecule has 0 bridgehead atoms. The summed E-state index contributed by atoms with van der Waals surface area (Å²) in [4.78, 5) is 22.7. The molecule has 1 unspecified atom stereocenters. The third-order valence-corrected chi connectivity index (χ3v) is 6.68. The van der Waals surface area contributed by atoms with Gasteiger partial charge in [0.25, 0.3) is 5.91 Å². The lowest BCUT2D eigenvalue weighted by atomic mass is 9.87. The Hall–Kier alpha value is -4.53. The van der Waals surface area contributed by atoms with Crippen molar-refractivity contribution in [3.05, 3.63) is 101 Å². The minimum atomic E-state index is -0.477. The fourth-order valence-corrected chi connectivity index (χ4v) is 4.79. The first-order valence-electron chi connectivity index (χ1n) is 12.5. The molecule has 0 fully saturated rings. The van der Waals surface area contributed by atoms with E-state index in [1.807, 2.05) is 55.7 Å². The lowest BCUT2D eigenvalue weighted by molar-refractivity contribution is 0.102. The van der Waals surface area contributed by atoms with Crippen LogP contribution in [0.4, 0.5) is 10.1 Å². The highest BCUT2D eigenvalue weighted by Crippen LogP contribution is 2.37. The molecule has 38 heavy (non-hydrogen) atoms. The maximum atomic E-state index is 15.2. The Morgan fingerprint density at radius 2 is 1.79 bits per heavy atom. The maximum Gasteiger partial charge on any atom is 0.261 e. The van der Waals surface area contributed by atoms with Gasteiger partial charge in [-0.3, -0.25) is 9.48 Å². The summed E-state index contributed by atoms with van der Waals surface area (Å²) in [6, 6.07) is 16.4. The van der Waals surface area contributed by atoms with Crippen LogP contribution >= 0.6 is 0 Å². The number of anilines is 1. The minimum Gasteiger partial charge on any atom is -0.480 e. The van der Waals surface area contributed by atoms with Gasteiger partial charge in [-0.1, -0.05) is 42.5 Å². The molecule has 5 rings (SSSR count). The number of nitrogens with zero attached hydrogens (tertiary/aromatic N) is 5. The van der Waals surface area contributed by atoms with E-state index in [-0.39, 0.29) is 23.2 Å². The number of nitrogens with one attached hydrogen (secondary N) is 1. The Labute approximate surface area is 220 Å². The average molecular weight is 513 g/mol. The summed E-state index contributed by atoms with van der Waals surface area (Å²) >= 11 is 0. The normalized spacial score (nSPS) is 12.0. The van der Waals surface area contributed by atoms with Crippen molar-refractivity contribution >= 4 is 22.8 Å². The molecule has 1 atom stereocenters. The Kier molecular flexibility index (Phi) is 6.91. The van der Waals surface area contributed by atoms with Gasteiger partial charge in [-0.15, -0.1) is 0 Å². The summed E-state index contributed by atoms with van der Waals surface area (Å²) in [6.07, 6.45) is 3.35. The van der Waals surface area contributed by atoms with E-state index in [1.165, 1.54) is 13.2 Å². The van der Waals surface area contributed by atoms with Crippen molar-refractivity contribution in [3.63, 3.8) is 0 Å². The molecule has 0 saturated carbocycles. The number of aromatic nitrogens is 5. The van der Waals surface area contributed by atoms with E-state index in [1.54, 1.807) is 35.3 Å². The van der Waals surface area contributed by atoms with Crippen molar-refractivity contribution in [2.75, 3.05) is 12.4 Å². The molecule has 0 aliphatic heterocycles. The van der Waals surface area contributed by atoms with E-state index in [0.717, 1.165) is 11.1 Å². The zero-order chi connectivity index (χ0) is 26.8. The number of ether oxygens (including phenoxy) is 1. The predicted octanol–water partition coefficient (Wildman–Crippen LogP) is 5.56. The van der Waals surface area contributed by atoms with Crippen LogP contribution in [0.5, 0.6) is 5.88 Å².